The van der Waals surface area contributed by atoms with Crippen molar-refractivity contribution in [2.75, 3.05) is 31.3 Å². The monoisotopic (exact) mass is 247 g/mol. The first-order valence-corrected chi connectivity index (χ1v) is 7.99. The van der Waals surface area contributed by atoms with Gasteiger partial charge in [-0.25, -0.2) is 8.42 Å². The van der Waals surface area contributed by atoms with Gasteiger partial charge in [0.05, 0.1) is 18.1 Å². The second kappa shape index (κ2) is 5.47. The van der Waals surface area contributed by atoms with E-state index in [9.17, 15) is 8.42 Å². The van der Waals surface area contributed by atoms with E-state index in [0.717, 1.165) is 32.5 Å². The average molecular weight is 247 g/mol. The Morgan fingerprint density at radius 3 is 2.62 bits per heavy atom. The minimum Gasteiger partial charge on any atom is -0.380 e. The molecule has 1 atom stereocenters. The number of hydrogen-bond donors (Lipinski definition) is 1. The molecule has 0 aromatic carbocycles. The Morgan fingerprint density at radius 2 is 2.06 bits per heavy atom. The largest absolute Gasteiger partial charge is 0.380 e. The zero-order valence-electron chi connectivity index (χ0n) is 9.65. The molecule has 1 unspecified atom stereocenters. The number of rotatable bonds is 6. The van der Waals surface area contributed by atoms with E-state index in [-0.39, 0.29) is 5.75 Å². The van der Waals surface area contributed by atoms with Crippen molar-refractivity contribution in [1.82, 2.24) is 5.32 Å². The van der Waals surface area contributed by atoms with Crippen molar-refractivity contribution in [3.05, 3.63) is 0 Å². The van der Waals surface area contributed by atoms with Gasteiger partial charge in [-0.1, -0.05) is 6.42 Å². The van der Waals surface area contributed by atoms with Gasteiger partial charge in [-0.3, -0.25) is 0 Å². The van der Waals surface area contributed by atoms with E-state index < -0.39 is 9.84 Å². The van der Waals surface area contributed by atoms with Crippen molar-refractivity contribution in [2.24, 2.45) is 5.92 Å². The van der Waals surface area contributed by atoms with E-state index in [1.807, 2.05) is 0 Å². The van der Waals surface area contributed by atoms with Crippen LogP contribution in [0.4, 0.5) is 0 Å². The molecule has 0 bridgehead atoms. The van der Waals surface area contributed by atoms with Crippen molar-refractivity contribution >= 4 is 9.84 Å². The summed E-state index contributed by atoms with van der Waals surface area (Å²) in [6.07, 6.45) is 4.41. The van der Waals surface area contributed by atoms with Gasteiger partial charge in [-0.2, -0.15) is 0 Å². The summed E-state index contributed by atoms with van der Waals surface area (Å²) < 4.78 is 28.7. The first kappa shape index (κ1) is 12.3. The predicted octanol–water partition coefficient (Wildman–Crippen LogP) is 0.580. The van der Waals surface area contributed by atoms with Crippen LogP contribution in [0.5, 0.6) is 0 Å². The van der Waals surface area contributed by atoms with Gasteiger partial charge in [0.2, 0.25) is 0 Å². The number of nitrogens with one attached hydrogen (secondary N) is 1. The molecule has 1 N–H and O–H groups in total. The molecular formula is C11H21NO3S. The molecule has 94 valence electrons. The van der Waals surface area contributed by atoms with Crippen LogP contribution in [0, 0.1) is 5.92 Å². The maximum atomic E-state index is 11.7. The second-order valence-electron chi connectivity index (χ2n) is 4.93. The fourth-order valence-electron chi connectivity index (χ4n) is 2.22. The molecule has 0 aromatic rings. The second-order valence-corrected chi connectivity index (χ2v) is 7.15. The molecule has 2 aliphatic rings. The Kier molecular flexibility index (Phi) is 4.21. The number of ether oxygens (including phenoxy) is 1. The third-order valence-corrected chi connectivity index (χ3v) is 5.30. The van der Waals surface area contributed by atoms with Gasteiger partial charge in [0.15, 0.2) is 9.84 Å². The Labute approximate surface area is 97.7 Å². The molecule has 0 amide bonds. The minimum atomic E-state index is -2.84. The maximum absolute atomic E-state index is 11.7. The summed E-state index contributed by atoms with van der Waals surface area (Å²) in [5.74, 6) is 1.12. The van der Waals surface area contributed by atoms with Crippen molar-refractivity contribution in [1.29, 1.82) is 0 Å². The van der Waals surface area contributed by atoms with E-state index >= 15 is 0 Å². The van der Waals surface area contributed by atoms with E-state index in [2.05, 4.69) is 5.32 Å². The van der Waals surface area contributed by atoms with Crippen LogP contribution >= 0.6 is 0 Å². The Bertz CT molecular complexity index is 305. The van der Waals surface area contributed by atoms with Gasteiger partial charge >= 0.3 is 0 Å². The zero-order chi connectivity index (χ0) is 11.4. The normalized spacial score (nSPS) is 26.9. The fourth-order valence-corrected chi connectivity index (χ4v) is 3.86. The van der Waals surface area contributed by atoms with Crippen molar-refractivity contribution < 1.29 is 13.2 Å². The zero-order valence-corrected chi connectivity index (χ0v) is 10.5. The summed E-state index contributed by atoms with van der Waals surface area (Å²) in [6, 6.07) is 0.360. The van der Waals surface area contributed by atoms with E-state index in [1.165, 1.54) is 6.42 Å². The van der Waals surface area contributed by atoms with Crippen LogP contribution in [0.15, 0.2) is 0 Å². The van der Waals surface area contributed by atoms with Gasteiger partial charge < -0.3 is 10.1 Å². The Morgan fingerprint density at radius 1 is 1.25 bits per heavy atom. The van der Waals surface area contributed by atoms with Gasteiger partial charge in [0.1, 0.15) is 0 Å². The molecule has 1 saturated heterocycles. The van der Waals surface area contributed by atoms with Crippen LogP contribution in [0.1, 0.15) is 25.7 Å². The van der Waals surface area contributed by atoms with Crippen LogP contribution in [-0.4, -0.2) is 45.7 Å². The van der Waals surface area contributed by atoms with Crippen LogP contribution < -0.4 is 5.32 Å². The summed E-state index contributed by atoms with van der Waals surface area (Å²) >= 11 is 0. The molecule has 1 aliphatic carbocycles. The lowest BCUT2D eigenvalue weighted by atomic mass is 9.87. The SMILES string of the molecule is O=S(=O)(CCNC1CCOC1)CC1CCC1. The molecule has 0 aromatic heterocycles. The summed E-state index contributed by atoms with van der Waals surface area (Å²) in [7, 11) is -2.84. The first-order valence-electron chi connectivity index (χ1n) is 6.17. The highest BCUT2D eigenvalue weighted by Gasteiger charge is 2.24. The van der Waals surface area contributed by atoms with E-state index in [1.54, 1.807) is 0 Å². The third-order valence-electron chi connectivity index (χ3n) is 3.49. The van der Waals surface area contributed by atoms with E-state index in [0.29, 0.717) is 24.3 Å². The predicted molar refractivity (Wildman–Crippen MR) is 63.2 cm³/mol. The molecule has 1 aliphatic heterocycles. The highest BCUT2D eigenvalue weighted by atomic mass is 32.2. The van der Waals surface area contributed by atoms with Crippen molar-refractivity contribution in [3.8, 4) is 0 Å². The molecule has 1 saturated carbocycles. The number of sulfone groups is 1. The fraction of sp³-hybridized carbons (Fsp3) is 1.00. The lowest BCUT2D eigenvalue weighted by Gasteiger charge is -2.24. The molecule has 4 nitrogen and oxygen atoms in total. The Balaban J connectivity index is 1.63. The number of hydrogen-bond acceptors (Lipinski definition) is 4. The highest BCUT2D eigenvalue weighted by Crippen LogP contribution is 2.27. The van der Waals surface area contributed by atoms with Crippen LogP contribution in [-0.2, 0) is 14.6 Å². The lowest BCUT2D eigenvalue weighted by molar-refractivity contribution is 0.190. The summed E-state index contributed by atoms with van der Waals surface area (Å²) in [5.41, 5.74) is 0. The third kappa shape index (κ3) is 3.71. The quantitative estimate of drug-likeness (QED) is 0.746. The topological polar surface area (TPSA) is 55.4 Å². The molecule has 2 rings (SSSR count). The minimum absolute atomic E-state index is 0.278. The Hall–Kier alpha value is -0.130. The molecule has 0 radical (unpaired) electrons. The van der Waals surface area contributed by atoms with Crippen LogP contribution in [0.2, 0.25) is 0 Å². The standard InChI is InChI=1S/C11H21NO3S/c13-16(14,9-10-2-1-3-10)7-5-12-11-4-6-15-8-11/h10-12H,1-9H2. The molecule has 2 fully saturated rings. The van der Waals surface area contributed by atoms with Gasteiger partial charge in [0.25, 0.3) is 0 Å². The summed E-state index contributed by atoms with van der Waals surface area (Å²) in [4.78, 5) is 0. The van der Waals surface area contributed by atoms with Gasteiger partial charge in [-0.05, 0) is 25.2 Å². The molecule has 16 heavy (non-hydrogen) atoms. The smallest absolute Gasteiger partial charge is 0.151 e. The van der Waals surface area contributed by atoms with Crippen molar-refractivity contribution in [2.45, 2.75) is 31.7 Å². The summed E-state index contributed by atoms with van der Waals surface area (Å²) in [6.45, 7) is 2.10. The molecule has 5 heteroatoms. The van der Waals surface area contributed by atoms with Gasteiger partial charge in [-0.15, -0.1) is 0 Å². The lowest BCUT2D eigenvalue weighted by Crippen LogP contribution is -2.35. The van der Waals surface area contributed by atoms with Crippen molar-refractivity contribution in [3.63, 3.8) is 0 Å². The maximum Gasteiger partial charge on any atom is 0.151 e. The molecule has 0 spiro atoms. The van der Waals surface area contributed by atoms with Gasteiger partial charge in [0, 0.05) is 19.2 Å². The molecular weight excluding hydrogens is 226 g/mol. The molecule has 1 heterocycles. The average Bonchev–Trinajstić information content (AvgIpc) is 2.64. The van der Waals surface area contributed by atoms with Crippen LogP contribution in [0.3, 0.4) is 0 Å². The first-order chi connectivity index (χ1) is 7.66. The highest BCUT2D eigenvalue weighted by molar-refractivity contribution is 7.91. The van der Waals surface area contributed by atoms with E-state index in [4.69, 9.17) is 4.74 Å². The summed E-state index contributed by atoms with van der Waals surface area (Å²) in [5, 5.41) is 3.24. The van der Waals surface area contributed by atoms with Crippen LogP contribution in [0.25, 0.3) is 0 Å².